The molecule has 21 heavy (non-hydrogen) atoms. The summed E-state index contributed by atoms with van der Waals surface area (Å²) in [5, 5.41) is 17.4. The van der Waals surface area contributed by atoms with Crippen molar-refractivity contribution in [3.05, 3.63) is 51.3 Å². The summed E-state index contributed by atoms with van der Waals surface area (Å²) in [6.45, 7) is 1.76. The van der Waals surface area contributed by atoms with Gasteiger partial charge in [0.2, 0.25) is 0 Å². The second kappa shape index (κ2) is 5.65. The fraction of sp³-hybridized carbons (Fsp3) is 0.250. The number of H-pyrrole nitrogens is 1. The summed E-state index contributed by atoms with van der Waals surface area (Å²) in [5.41, 5.74) is -0.755. The number of aryl methyl sites for hydroxylation is 1. The smallest absolute Gasteiger partial charge is 0.282 e. The lowest BCUT2D eigenvalue weighted by molar-refractivity contribution is -0.385. The largest absolute Gasteiger partial charge is 0.334 e. The van der Waals surface area contributed by atoms with Crippen molar-refractivity contribution in [1.82, 2.24) is 20.1 Å². The molecule has 9 heteroatoms. The van der Waals surface area contributed by atoms with Crippen LogP contribution in [-0.4, -0.2) is 38.0 Å². The molecule has 0 atom stereocenters. The Hall–Kier alpha value is -2.84. The van der Waals surface area contributed by atoms with Crippen molar-refractivity contribution in [3.63, 3.8) is 0 Å². The van der Waals surface area contributed by atoms with Crippen LogP contribution >= 0.6 is 0 Å². The van der Waals surface area contributed by atoms with Crippen LogP contribution in [0, 0.1) is 22.9 Å². The first kappa shape index (κ1) is 14.6. The van der Waals surface area contributed by atoms with Gasteiger partial charge in [0.1, 0.15) is 17.2 Å². The first-order chi connectivity index (χ1) is 9.88. The molecule has 0 fully saturated rings. The molecule has 8 nitrogen and oxygen atoms in total. The Bertz CT molecular complexity index is 700. The molecule has 1 amide bonds. The number of hydrogen-bond acceptors (Lipinski definition) is 5. The number of carbonyl (C=O) groups is 1. The molecular formula is C12H12FN5O3. The van der Waals surface area contributed by atoms with E-state index in [9.17, 15) is 19.3 Å². The van der Waals surface area contributed by atoms with E-state index < -0.39 is 22.3 Å². The van der Waals surface area contributed by atoms with Crippen LogP contribution in [0.1, 0.15) is 22.0 Å². The van der Waals surface area contributed by atoms with Gasteiger partial charge in [-0.15, -0.1) is 0 Å². The van der Waals surface area contributed by atoms with Gasteiger partial charge in [-0.1, -0.05) is 0 Å². The number of rotatable bonds is 4. The molecule has 2 aromatic rings. The van der Waals surface area contributed by atoms with E-state index in [0.717, 1.165) is 18.2 Å². The number of aromatic nitrogens is 3. The minimum absolute atomic E-state index is 0.0524. The van der Waals surface area contributed by atoms with E-state index in [1.54, 1.807) is 6.92 Å². The number of nitro benzene ring substituents is 1. The maximum atomic E-state index is 13.2. The molecule has 0 spiro atoms. The standard InChI is InChI=1S/C12H12FN5O3/c1-7-14-11(16-15-7)6-17(2)12(19)9-5-8(13)3-4-10(9)18(20)21/h3-5H,6H2,1-2H3,(H,14,15,16). The number of benzene rings is 1. The lowest BCUT2D eigenvalue weighted by Gasteiger charge is -2.15. The van der Waals surface area contributed by atoms with E-state index in [2.05, 4.69) is 15.2 Å². The number of amides is 1. The summed E-state index contributed by atoms with van der Waals surface area (Å²) in [7, 11) is 1.43. The van der Waals surface area contributed by atoms with Crippen molar-refractivity contribution >= 4 is 11.6 Å². The Labute approximate surface area is 118 Å². The fourth-order valence-corrected chi connectivity index (χ4v) is 1.79. The van der Waals surface area contributed by atoms with Gasteiger partial charge >= 0.3 is 0 Å². The second-order valence-electron chi connectivity index (χ2n) is 4.42. The monoisotopic (exact) mass is 293 g/mol. The minimum Gasteiger partial charge on any atom is -0.334 e. The molecule has 0 saturated heterocycles. The number of aromatic amines is 1. The summed E-state index contributed by atoms with van der Waals surface area (Å²) in [6.07, 6.45) is 0. The Kier molecular flexibility index (Phi) is 3.92. The molecule has 0 aliphatic carbocycles. The third-order valence-electron chi connectivity index (χ3n) is 2.75. The molecule has 110 valence electrons. The van der Waals surface area contributed by atoms with Gasteiger partial charge in [-0.2, -0.15) is 5.10 Å². The lowest BCUT2D eigenvalue weighted by Crippen LogP contribution is -2.27. The van der Waals surface area contributed by atoms with Gasteiger partial charge in [-0.25, -0.2) is 9.37 Å². The van der Waals surface area contributed by atoms with Crippen LogP contribution in [0.15, 0.2) is 18.2 Å². The van der Waals surface area contributed by atoms with E-state index >= 15 is 0 Å². The predicted molar refractivity (Wildman–Crippen MR) is 70.0 cm³/mol. The highest BCUT2D eigenvalue weighted by Crippen LogP contribution is 2.21. The fourth-order valence-electron chi connectivity index (χ4n) is 1.79. The quantitative estimate of drug-likeness (QED) is 0.678. The van der Waals surface area contributed by atoms with Gasteiger partial charge in [-0.3, -0.25) is 20.0 Å². The first-order valence-corrected chi connectivity index (χ1v) is 5.95. The highest BCUT2D eigenvalue weighted by Gasteiger charge is 2.24. The van der Waals surface area contributed by atoms with Crippen LogP contribution in [0.5, 0.6) is 0 Å². The molecule has 1 heterocycles. The van der Waals surface area contributed by atoms with Crippen molar-refractivity contribution in [2.24, 2.45) is 0 Å². The van der Waals surface area contributed by atoms with E-state index in [-0.39, 0.29) is 12.1 Å². The van der Waals surface area contributed by atoms with Gasteiger partial charge < -0.3 is 4.90 Å². The number of halogens is 1. The van der Waals surface area contributed by atoms with Crippen LogP contribution in [0.3, 0.4) is 0 Å². The zero-order chi connectivity index (χ0) is 15.6. The molecule has 0 radical (unpaired) electrons. The Morgan fingerprint density at radius 3 is 2.81 bits per heavy atom. The summed E-state index contributed by atoms with van der Waals surface area (Å²) >= 11 is 0. The van der Waals surface area contributed by atoms with Crippen molar-refractivity contribution in [1.29, 1.82) is 0 Å². The average Bonchev–Trinajstić information content (AvgIpc) is 2.82. The molecule has 1 aromatic carbocycles. The number of nitrogens with one attached hydrogen (secondary N) is 1. The molecular weight excluding hydrogens is 281 g/mol. The highest BCUT2D eigenvalue weighted by molar-refractivity contribution is 5.97. The molecule has 2 rings (SSSR count). The van der Waals surface area contributed by atoms with Gasteiger partial charge in [0.15, 0.2) is 5.82 Å². The van der Waals surface area contributed by atoms with Gasteiger partial charge in [0.25, 0.3) is 11.6 Å². The zero-order valence-corrected chi connectivity index (χ0v) is 11.3. The minimum atomic E-state index is -0.725. The lowest BCUT2D eigenvalue weighted by atomic mass is 10.1. The van der Waals surface area contributed by atoms with Crippen LogP contribution in [-0.2, 0) is 6.54 Å². The van der Waals surface area contributed by atoms with Crippen molar-refractivity contribution in [3.8, 4) is 0 Å². The summed E-state index contributed by atoms with van der Waals surface area (Å²) in [5.74, 6) is -0.445. The van der Waals surface area contributed by atoms with Crippen molar-refractivity contribution < 1.29 is 14.1 Å². The van der Waals surface area contributed by atoms with Crippen molar-refractivity contribution in [2.75, 3.05) is 7.05 Å². The van der Waals surface area contributed by atoms with Crippen LogP contribution in [0.2, 0.25) is 0 Å². The Balaban J connectivity index is 2.26. The summed E-state index contributed by atoms with van der Waals surface area (Å²) < 4.78 is 13.2. The zero-order valence-electron chi connectivity index (χ0n) is 11.3. The molecule has 0 aliphatic heterocycles. The number of hydrogen-bond donors (Lipinski definition) is 1. The SMILES string of the molecule is Cc1nc(CN(C)C(=O)c2cc(F)ccc2[N+](=O)[O-])n[nH]1. The van der Waals surface area contributed by atoms with E-state index in [1.807, 2.05) is 0 Å². The number of carbonyl (C=O) groups excluding carboxylic acids is 1. The molecule has 0 bridgehead atoms. The summed E-state index contributed by atoms with van der Waals surface area (Å²) in [4.78, 5) is 27.6. The first-order valence-electron chi connectivity index (χ1n) is 5.95. The van der Waals surface area contributed by atoms with E-state index in [1.165, 1.54) is 11.9 Å². The highest BCUT2D eigenvalue weighted by atomic mass is 19.1. The van der Waals surface area contributed by atoms with Gasteiger partial charge in [0.05, 0.1) is 11.5 Å². The second-order valence-corrected chi connectivity index (χ2v) is 4.42. The molecule has 0 saturated carbocycles. The molecule has 1 aromatic heterocycles. The Morgan fingerprint density at radius 1 is 1.52 bits per heavy atom. The predicted octanol–water partition coefficient (Wildman–Crippen LogP) is 1.43. The maximum absolute atomic E-state index is 13.2. The van der Waals surface area contributed by atoms with Crippen LogP contribution < -0.4 is 0 Å². The third kappa shape index (κ3) is 3.19. The average molecular weight is 293 g/mol. The normalized spacial score (nSPS) is 10.4. The molecule has 0 unspecified atom stereocenters. The van der Waals surface area contributed by atoms with Gasteiger partial charge in [-0.05, 0) is 19.1 Å². The molecule has 0 aliphatic rings. The number of nitrogens with zero attached hydrogens (tertiary/aromatic N) is 4. The topological polar surface area (TPSA) is 105 Å². The van der Waals surface area contributed by atoms with Crippen LogP contribution in [0.4, 0.5) is 10.1 Å². The Morgan fingerprint density at radius 2 is 2.24 bits per heavy atom. The van der Waals surface area contributed by atoms with E-state index in [4.69, 9.17) is 0 Å². The van der Waals surface area contributed by atoms with E-state index in [0.29, 0.717) is 11.6 Å². The molecule has 1 N–H and O–H groups in total. The maximum Gasteiger partial charge on any atom is 0.282 e. The third-order valence-corrected chi connectivity index (χ3v) is 2.75. The van der Waals surface area contributed by atoms with Crippen molar-refractivity contribution in [2.45, 2.75) is 13.5 Å². The number of nitro groups is 1. The van der Waals surface area contributed by atoms with Crippen LogP contribution in [0.25, 0.3) is 0 Å². The summed E-state index contributed by atoms with van der Waals surface area (Å²) in [6, 6.07) is 2.75. The van der Waals surface area contributed by atoms with Gasteiger partial charge in [0, 0.05) is 13.1 Å².